The lowest BCUT2D eigenvalue weighted by atomic mass is 9.51. The third-order valence-corrected chi connectivity index (χ3v) is 8.01. The van der Waals surface area contributed by atoms with Crippen LogP contribution in [-0.2, 0) is 4.79 Å². The molecule has 7 nitrogen and oxygen atoms in total. The largest absolute Gasteiger partial charge is 0.392 e. The Hall–Kier alpha value is -2.02. The first kappa shape index (κ1) is 21.2. The molecule has 0 spiro atoms. The molecule has 3 aliphatic rings. The summed E-state index contributed by atoms with van der Waals surface area (Å²) in [6.45, 7) is 6.36. The molecule has 3 aliphatic carbocycles. The first-order valence-corrected chi connectivity index (χ1v) is 11.3. The summed E-state index contributed by atoms with van der Waals surface area (Å²) in [7, 11) is 0. The Balaban J connectivity index is 1.46. The highest BCUT2D eigenvalue weighted by molar-refractivity contribution is 5.93. The Morgan fingerprint density at radius 3 is 2.47 bits per heavy atom. The Labute approximate surface area is 178 Å². The van der Waals surface area contributed by atoms with Crippen LogP contribution in [0.2, 0.25) is 0 Å². The van der Waals surface area contributed by atoms with E-state index in [1.54, 1.807) is 0 Å². The van der Waals surface area contributed by atoms with Crippen molar-refractivity contribution in [3.05, 3.63) is 24.3 Å². The third-order valence-electron chi connectivity index (χ3n) is 8.01. The minimum Gasteiger partial charge on any atom is -0.392 e. The van der Waals surface area contributed by atoms with Gasteiger partial charge in [0.25, 0.3) is 5.91 Å². The van der Waals surface area contributed by atoms with E-state index < -0.39 is 6.10 Å². The number of nitrogens with zero attached hydrogens (tertiary/aromatic N) is 2. The number of aromatic nitrogens is 2. The standard InChI is InChI=1S/C23H34N4O3/c1-13(21(29)26-16-4-5-16)17-6-8-23(3)9-7-18(14(2)19(23)20(17)28)27-22(30)15-10-24-12-25-11-15/h10-14,16-20,28H,4-9H2,1-3H3,(H,26,29)(H,27,30)/t13-,14-,17-,18-,19+,20-,23+/m0/s1. The molecule has 0 radical (unpaired) electrons. The summed E-state index contributed by atoms with van der Waals surface area (Å²) in [4.78, 5) is 33.1. The lowest BCUT2D eigenvalue weighted by Crippen LogP contribution is -2.58. The van der Waals surface area contributed by atoms with Crippen LogP contribution < -0.4 is 10.6 Å². The smallest absolute Gasteiger partial charge is 0.254 e. The Kier molecular flexibility index (Phi) is 5.84. The molecule has 1 heterocycles. The number of fused-ring (bicyclic) bond motifs is 1. The predicted molar refractivity (Wildman–Crippen MR) is 112 cm³/mol. The zero-order valence-corrected chi connectivity index (χ0v) is 18.2. The van der Waals surface area contributed by atoms with Crippen molar-refractivity contribution in [1.82, 2.24) is 20.6 Å². The molecule has 4 rings (SSSR count). The molecule has 0 unspecified atom stereocenters. The van der Waals surface area contributed by atoms with Gasteiger partial charge in [-0.15, -0.1) is 0 Å². The van der Waals surface area contributed by atoms with E-state index in [1.807, 2.05) is 6.92 Å². The zero-order valence-electron chi connectivity index (χ0n) is 18.2. The number of aliphatic hydroxyl groups excluding tert-OH is 1. The maximum absolute atomic E-state index is 12.6. The topological polar surface area (TPSA) is 104 Å². The Bertz CT molecular complexity index is 784. The lowest BCUT2D eigenvalue weighted by molar-refractivity contribution is -0.142. The van der Waals surface area contributed by atoms with Gasteiger partial charge in [-0.2, -0.15) is 0 Å². The van der Waals surface area contributed by atoms with Gasteiger partial charge in [0.05, 0.1) is 11.7 Å². The van der Waals surface area contributed by atoms with Crippen LogP contribution in [0.25, 0.3) is 0 Å². The number of carbonyl (C=O) groups excluding carboxylic acids is 2. The second kappa shape index (κ2) is 8.25. The van der Waals surface area contributed by atoms with Crippen molar-refractivity contribution in [2.24, 2.45) is 29.1 Å². The highest BCUT2D eigenvalue weighted by Crippen LogP contribution is 2.55. The number of nitrogens with one attached hydrogen (secondary N) is 2. The van der Waals surface area contributed by atoms with Gasteiger partial charge in [-0.3, -0.25) is 9.59 Å². The number of amides is 2. The van der Waals surface area contributed by atoms with Crippen LogP contribution in [0, 0.1) is 29.1 Å². The SMILES string of the molecule is C[C@@H]1[C@@H]2[C@@H](O)[C@H]([C@H](C)C(=O)NC3CC3)CC[C@]2(C)CC[C@@H]1NC(=O)c1cncnc1. The molecule has 1 aromatic rings. The first-order chi connectivity index (χ1) is 14.3. The molecule has 0 aliphatic heterocycles. The molecular weight excluding hydrogens is 380 g/mol. The van der Waals surface area contributed by atoms with E-state index >= 15 is 0 Å². The molecule has 3 saturated carbocycles. The van der Waals surface area contributed by atoms with Gasteiger partial charge in [0.15, 0.2) is 0 Å². The highest BCUT2D eigenvalue weighted by atomic mass is 16.3. The van der Waals surface area contributed by atoms with Crippen LogP contribution in [-0.4, -0.2) is 45.1 Å². The third kappa shape index (κ3) is 4.09. The second-order valence-electron chi connectivity index (χ2n) is 10.0. The van der Waals surface area contributed by atoms with Crippen molar-refractivity contribution in [2.75, 3.05) is 0 Å². The highest BCUT2D eigenvalue weighted by Gasteiger charge is 2.54. The average molecular weight is 415 g/mol. The van der Waals surface area contributed by atoms with E-state index in [4.69, 9.17) is 0 Å². The Morgan fingerprint density at radius 1 is 1.13 bits per heavy atom. The maximum Gasteiger partial charge on any atom is 0.254 e. The molecule has 7 heteroatoms. The van der Waals surface area contributed by atoms with Gasteiger partial charge in [0.1, 0.15) is 6.33 Å². The van der Waals surface area contributed by atoms with Crippen molar-refractivity contribution in [2.45, 2.75) is 77.5 Å². The lowest BCUT2D eigenvalue weighted by Gasteiger charge is -2.56. The number of carbonyl (C=O) groups is 2. The van der Waals surface area contributed by atoms with E-state index in [9.17, 15) is 14.7 Å². The molecule has 1 aromatic heterocycles. The first-order valence-electron chi connectivity index (χ1n) is 11.3. The fourth-order valence-electron chi connectivity index (χ4n) is 5.92. The van der Waals surface area contributed by atoms with E-state index in [1.165, 1.54) is 18.7 Å². The van der Waals surface area contributed by atoms with Gasteiger partial charge in [0.2, 0.25) is 5.91 Å². The minimum atomic E-state index is -0.543. The molecule has 0 bridgehead atoms. The number of hydrogen-bond acceptors (Lipinski definition) is 5. The number of aliphatic hydroxyl groups is 1. The van der Waals surface area contributed by atoms with Crippen molar-refractivity contribution >= 4 is 11.8 Å². The molecule has 7 atom stereocenters. The van der Waals surface area contributed by atoms with Crippen LogP contribution in [0.1, 0.15) is 69.7 Å². The summed E-state index contributed by atoms with van der Waals surface area (Å²) < 4.78 is 0. The number of hydrogen-bond donors (Lipinski definition) is 3. The normalized spacial score (nSPS) is 37.0. The minimum absolute atomic E-state index is 0.0141. The van der Waals surface area contributed by atoms with Gasteiger partial charge in [0, 0.05) is 30.4 Å². The fourth-order valence-corrected chi connectivity index (χ4v) is 5.92. The molecule has 0 saturated heterocycles. The van der Waals surface area contributed by atoms with Crippen LogP contribution in [0.15, 0.2) is 18.7 Å². The van der Waals surface area contributed by atoms with Gasteiger partial charge in [-0.25, -0.2) is 9.97 Å². The molecular formula is C23H34N4O3. The summed E-state index contributed by atoms with van der Waals surface area (Å²) in [5.74, 6) is -0.167. The van der Waals surface area contributed by atoms with Crippen molar-refractivity contribution < 1.29 is 14.7 Å². The van der Waals surface area contributed by atoms with E-state index in [0.717, 1.165) is 38.5 Å². The summed E-state index contributed by atoms with van der Waals surface area (Å²) in [6.07, 6.45) is 9.78. The monoisotopic (exact) mass is 414 g/mol. The van der Waals surface area contributed by atoms with E-state index in [-0.39, 0.29) is 46.9 Å². The van der Waals surface area contributed by atoms with Crippen molar-refractivity contribution in [1.29, 1.82) is 0 Å². The van der Waals surface area contributed by atoms with Gasteiger partial charge in [-0.1, -0.05) is 20.8 Å². The van der Waals surface area contributed by atoms with E-state index in [2.05, 4.69) is 34.4 Å². The van der Waals surface area contributed by atoms with Crippen molar-refractivity contribution in [3.8, 4) is 0 Å². The zero-order chi connectivity index (χ0) is 21.5. The van der Waals surface area contributed by atoms with Gasteiger partial charge < -0.3 is 15.7 Å². The molecule has 164 valence electrons. The number of rotatable bonds is 5. The molecule has 2 amide bonds. The Morgan fingerprint density at radius 2 is 1.80 bits per heavy atom. The molecule has 0 aromatic carbocycles. The van der Waals surface area contributed by atoms with Gasteiger partial charge in [-0.05, 0) is 61.7 Å². The van der Waals surface area contributed by atoms with Crippen LogP contribution in [0.3, 0.4) is 0 Å². The van der Waals surface area contributed by atoms with Gasteiger partial charge >= 0.3 is 0 Å². The maximum atomic E-state index is 12.6. The summed E-state index contributed by atoms with van der Waals surface area (Å²) in [5, 5.41) is 17.7. The summed E-state index contributed by atoms with van der Waals surface area (Å²) in [5.41, 5.74) is 0.490. The van der Waals surface area contributed by atoms with Crippen LogP contribution >= 0.6 is 0 Å². The van der Waals surface area contributed by atoms with Crippen LogP contribution in [0.4, 0.5) is 0 Å². The van der Waals surface area contributed by atoms with Crippen molar-refractivity contribution in [3.63, 3.8) is 0 Å². The van der Waals surface area contributed by atoms with Crippen LogP contribution in [0.5, 0.6) is 0 Å². The fraction of sp³-hybridized carbons (Fsp3) is 0.739. The average Bonchev–Trinajstić information content (AvgIpc) is 3.54. The molecule has 3 N–H and O–H groups in total. The summed E-state index contributed by atoms with van der Waals surface area (Å²) >= 11 is 0. The quantitative estimate of drug-likeness (QED) is 0.686. The van der Waals surface area contributed by atoms with E-state index in [0.29, 0.717) is 11.6 Å². The predicted octanol–water partition coefficient (Wildman–Crippen LogP) is 2.31. The second-order valence-corrected chi connectivity index (χ2v) is 10.0. The molecule has 3 fully saturated rings. The summed E-state index contributed by atoms with van der Waals surface area (Å²) in [6, 6.07) is 0.320. The molecule has 30 heavy (non-hydrogen) atoms.